The summed E-state index contributed by atoms with van der Waals surface area (Å²) in [5.41, 5.74) is 1.62. The van der Waals surface area contributed by atoms with Crippen LogP contribution in [0, 0.1) is 6.92 Å². The van der Waals surface area contributed by atoms with Crippen molar-refractivity contribution in [1.82, 2.24) is 9.78 Å². The molecule has 0 aliphatic carbocycles. The summed E-state index contributed by atoms with van der Waals surface area (Å²) in [7, 11) is 0. The minimum atomic E-state index is -4.38. The van der Waals surface area contributed by atoms with Gasteiger partial charge in [0.1, 0.15) is 0 Å². The highest BCUT2D eigenvalue weighted by molar-refractivity contribution is 5.89. The van der Waals surface area contributed by atoms with Crippen LogP contribution in [0.25, 0.3) is 0 Å². The second-order valence-corrected chi connectivity index (χ2v) is 6.56. The van der Waals surface area contributed by atoms with Gasteiger partial charge in [-0.2, -0.15) is 18.3 Å². The first-order chi connectivity index (χ1) is 13.3. The van der Waals surface area contributed by atoms with E-state index >= 15 is 0 Å². The number of aromatic nitrogens is 2. The zero-order valence-electron chi connectivity index (χ0n) is 15.3. The number of nitrogens with zero attached hydrogens (tertiary/aromatic N) is 2. The molecule has 146 valence electrons. The lowest BCUT2D eigenvalue weighted by Crippen LogP contribution is -2.13. The van der Waals surface area contributed by atoms with Crippen molar-refractivity contribution in [2.75, 3.05) is 5.32 Å². The molecular weight excluding hydrogens is 367 g/mol. The molecule has 4 nitrogen and oxygen atoms in total. The highest BCUT2D eigenvalue weighted by Gasteiger charge is 2.30. The fourth-order valence-electron chi connectivity index (χ4n) is 2.86. The number of hydrogen-bond donors (Lipinski definition) is 1. The molecule has 1 amide bonds. The lowest BCUT2D eigenvalue weighted by atomic mass is 10.1. The predicted molar refractivity (Wildman–Crippen MR) is 101 cm³/mol. The number of carbonyl (C=O) groups is 1. The number of benzene rings is 2. The number of rotatable bonds is 6. The molecule has 0 saturated carbocycles. The number of alkyl halides is 3. The number of nitrogens with one attached hydrogen (secondary N) is 1. The number of amides is 1. The molecule has 2 aromatic carbocycles. The largest absolute Gasteiger partial charge is 0.416 e. The van der Waals surface area contributed by atoms with Crippen LogP contribution >= 0.6 is 0 Å². The van der Waals surface area contributed by atoms with Crippen LogP contribution in [0.1, 0.15) is 28.8 Å². The van der Waals surface area contributed by atoms with Gasteiger partial charge in [-0.25, -0.2) is 0 Å². The van der Waals surface area contributed by atoms with Gasteiger partial charge in [-0.05, 0) is 36.6 Å². The molecular formula is C21H20F3N3O. The lowest BCUT2D eigenvalue weighted by Gasteiger charge is -2.09. The van der Waals surface area contributed by atoms with E-state index in [0.717, 1.165) is 23.4 Å². The number of anilines is 1. The molecule has 0 spiro atoms. The van der Waals surface area contributed by atoms with Crippen molar-refractivity contribution < 1.29 is 18.0 Å². The molecule has 1 N–H and O–H groups in total. The Hall–Kier alpha value is -3.09. The van der Waals surface area contributed by atoms with Gasteiger partial charge in [0.05, 0.1) is 12.1 Å². The molecule has 0 bridgehead atoms. The molecule has 0 aliphatic heterocycles. The summed E-state index contributed by atoms with van der Waals surface area (Å²) in [5, 5.41) is 7.04. The fourth-order valence-corrected chi connectivity index (χ4v) is 2.86. The number of carbonyl (C=O) groups excluding carboxylic acids is 1. The molecule has 1 aromatic heterocycles. The Morgan fingerprint density at radius 3 is 2.46 bits per heavy atom. The normalized spacial score (nSPS) is 11.4. The maximum Gasteiger partial charge on any atom is 0.416 e. The first kappa shape index (κ1) is 19.7. The SMILES string of the molecule is Cc1cc(NC(=O)CCc2ccccc2)nn1Cc1cccc(C(F)(F)F)c1. The van der Waals surface area contributed by atoms with E-state index in [1.54, 1.807) is 23.7 Å². The fraction of sp³-hybridized carbons (Fsp3) is 0.238. The molecule has 0 fully saturated rings. The smallest absolute Gasteiger partial charge is 0.309 e. The van der Waals surface area contributed by atoms with Crippen LogP contribution in [-0.2, 0) is 23.9 Å². The molecule has 3 rings (SSSR count). The molecule has 7 heteroatoms. The van der Waals surface area contributed by atoms with E-state index in [1.165, 1.54) is 6.07 Å². The first-order valence-corrected chi connectivity index (χ1v) is 8.85. The van der Waals surface area contributed by atoms with Gasteiger partial charge in [-0.15, -0.1) is 0 Å². The third kappa shape index (κ3) is 5.22. The topological polar surface area (TPSA) is 46.9 Å². The van der Waals surface area contributed by atoms with Gasteiger partial charge in [-0.1, -0.05) is 42.5 Å². The summed E-state index contributed by atoms with van der Waals surface area (Å²) in [4.78, 5) is 12.1. The van der Waals surface area contributed by atoms with Gasteiger partial charge >= 0.3 is 6.18 Å². The van der Waals surface area contributed by atoms with Crippen molar-refractivity contribution in [2.45, 2.75) is 32.5 Å². The molecule has 0 radical (unpaired) electrons. The predicted octanol–water partition coefficient (Wildman–Crippen LogP) is 4.83. The standard InChI is InChI=1S/C21H20F3N3O/c1-15-12-19(25-20(28)11-10-16-6-3-2-4-7-16)26-27(15)14-17-8-5-9-18(13-17)21(22,23)24/h2-9,12-13H,10-11,14H2,1H3,(H,25,26,28). The van der Waals surface area contributed by atoms with Crippen LogP contribution in [-0.4, -0.2) is 15.7 Å². The van der Waals surface area contributed by atoms with Gasteiger partial charge in [0.25, 0.3) is 0 Å². The van der Waals surface area contributed by atoms with Crippen molar-refractivity contribution >= 4 is 11.7 Å². The minimum absolute atomic E-state index is 0.160. The van der Waals surface area contributed by atoms with Crippen molar-refractivity contribution in [3.8, 4) is 0 Å². The molecule has 0 saturated heterocycles. The maximum absolute atomic E-state index is 12.9. The van der Waals surface area contributed by atoms with E-state index in [2.05, 4.69) is 10.4 Å². The van der Waals surface area contributed by atoms with Crippen LogP contribution in [0.2, 0.25) is 0 Å². The average Bonchev–Trinajstić information content (AvgIpc) is 2.99. The molecule has 3 aromatic rings. The molecule has 0 atom stereocenters. The van der Waals surface area contributed by atoms with Crippen LogP contribution < -0.4 is 5.32 Å². The van der Waals surface area contributed by atoms with Crippen LogP contribution in [0.5, 0.6) is 0 Å². The first-order valence-electron chi connectivity index (χ1n) is 8.85. The third-order valence-electron chi connectivity index (χ3n) is 4.32. The van der Waals surface area contributed by atoms with Gasteiger partial charge in [-0.3, -0.25) is 9.48 Å². The minimum Gasteiger partial charge on any atom is -0.309 e. The summed E-state index contributed by atoms with van der Waals surface area (Å²) in [6, 6.07) is 16.5. The summed E-state index contributed by atoms with van der Waals surface area (Å²) in [6.45, 7) is 1.98. The van der Waals surface area contributed by atoms with E-state index in [0.29, 0.717) is 24.2 Å². The molecule has 28 heavy (non-hydrogen) atoms. The van der Waals surface area contributed by atoms with E-state index in [1.807, 2.05) is 30.3 Å². The Labute approximate surface area is 161 Å². The average molecular weight is 387 g/mol. The highest BCUT2D eigenvalue weighted by Crippen LogP contribution is 2.29. The van der Waals surface area contributed by atoms with E-state index < -0.39 is 11.7 Å². The zero-order chi connectivity index (χ0) is 20.1. The van der Waals surface area contributed by atoms with Crippen LogP contribution in [0.15, 0.2) is 60.7 Å². The second-order valence-electron chi connectivity index (χ2n) is 6.56. The third-order valence-corrected chi connectivity index (χ3v) is 4.32. The van der Waals surface area contributed by atoms with E-state index in [9.17, 15) is 18.0 Å². The van der Waals surface area contributed by atoms with Crippen molar-refractivity contribution in [2.24, 2.45) is 0 Å². The van der Waals surface area contributed by atoms with Crippen LogP contribution in [0.3, 0.4) is 0 Å². The van der Waals surface area contributed by atoms with E-state index in [-0.39, 0.29) is 12.5 Å². The Bertz CT molecular complexity index is 949. The monoisotopic (exact) mass is 387 g/mol. The number of aryl methyl sites for hydroxylation is 2. The van der Waals surface area contributed by atoms with Crippen molar-refractivity contribution in [3.05, 3.63) is 83.0 Å². The summed E-state index contributed by atoms with van der Waals surface area (Å²) < 4.78 is 40.1. The highest BCUT2D eigenvalue weighted by atomic mass is 19.4. The van der Waals surface area contributed by atoms with Gasteiger partial charge < -0.3 is 5.32 Å². The second kappa shape index (κ2) is 8.29. The maximum atomic E-state index is 12.9. The number of halogens is 3. The zero-order valence-corrected chi connectivity index (χ0v) is 15.3. The van der Waals surface area contributed by atoms with Gasteiger partial charge in [0.15, 0.2) is 5.82 Å². The molecule has 0 aliphatic rings. The van der Waals surface area contributed by atoms with Crippen LogP contribution in [0.4, 0.5) is 19.0 Å². The van der Waals surface area contributed by atoms with Gasteiger partial charge in [0.2, 0.25) is 5.91 Å². The van der Waals surface area contributed by atoms with Crippen molar-refractivity contribution in [3.63, 3.8) is 0 Å². The summed E-state index contributed by atoms with van der Waals surface area (Å²) in [5.74, 6) is 0.232. The summed E-state index contributed by atoms with van der Waals surface area (Å²) >= 11 is 0. The Balaban J connectivity index is 1.62. The van der Waals surface area contributed by atoms with Crippen molar-refractivity contribution in [1.29, 1.82) is 0 Å². The lowest BCUT2D eigenvalue weighted by molar-refractivity contribution is -0.137. The Kier molecular flexibility index (Phi) is 5.82. The summed E-state index contributed by atoms with van der Waals surface area (Å²) in [6.07, 6.45) is -3.44. The quantitative estimate of drug-likeness (QED) is 0.659. The Morgan fingerprint density at radius 1 is 1.04 bits per heavy atom. The van der Waals surface area contributed by atoms with E-state index in [4.69, 9.17) is 0 Å². The molecule has 1 heterocycles. The molecule has 0 unspecified atom stereocenters. The number of hydrogen-bond acceptors (Lipinski definition) is 2. The van der Waals surface area contributed by atoms with Gasteiger partial charge in [0, 0.05) is 18.2 Å². The Morgan fingerprint density at radius 2 is 1.75 bits per heavy atom.